The third-order valence-electron chi connectivity index (χ3n) is 4.49. The average Bonchev–Trinajstić information content (AvgIpc) is 2.97. The summed E-state index contributed by atoms with van der Waals surface area (Å²) in [5.74, 6) is 0.364. The molecule has 1 unspecified atom stereocenters. The molecule has 0 aromatic heterocycles. The van der Waals surface area contributed by atoms with E-state index in [0.29, 0.717) is 32.0 Å². The minimum atomic E-state index is -0.367. The Kier molecular flexibility index (Phi) is 8.03. The van der Waals surface area contributed by atoms with E-state index in [0.717, 1.165) is 11.3 Å². The number of hydrogen-bond donors (Lipinski definition) is 4. The number of imide groups is 1. The van der Waals surface area contributed by atoms with Crippen LogP contribution in [-0.4, -0.2) is 61.4 Å². The van der Waals surface area contributed by atoms with Gasteiger partial charge in [-0.15, -0.1) is 24.0 Å². The molecule has 28 heavy (non-hydrogen) atoms. The maximum atomic E-state index is 11.9. The molecule has 1 fully saturated rings. The lowest BCUT2D eigenvalue weighted by Gasteiger charge is -2.24. The van der Waals surface area contributed by atoms with Gasteiger partial charge in [0.1, 0.15) is 0 Å². The zero-order valence-electron chi connectivity index (χ0n) is 15.7. The molecule has 1 saturated heterocycles. The molecule has 4 N–H and O–H groups in total. The molecule has 0 radical (unpaired) electrons. The Morgan fingerprint density at radius 1 is 1.25 bits per heavy atom. The lowest BCUT2D eigenvalue weighted by atomic mass is 9.91. The SMILES string of the molecule is CCNC(=NCC1CC(=O)Nc2ccccc21)NCCN1C(=O)CNC1=O.I. The number of para-hydroxylation sites is 1. The van der Waals surface area contributed by atoms with Gasteiger partial charge in [-0.2, -0.15) is 0 Å². The molecule has 0 bridgehead atoms. The van der Waals surface area contributed by atoms with Crippen LogP contribution in [0.1, 0.15) is 24.8 Å². The van der Waals surface area contributed by atoms with Crippen molar-refractivity contribution in [1.29, 1.82) is 0 Å². The van der Waals surface area contributed by atoms with Crippen LogP contribution < -0.4 is 21.3 Å². The second-order valence-corrected chi connectivity index (χ2v) is 6.39. The average molecular weight is 500 g/mol. The molecule has 9 nitrogen and oxygen atoms in total. The van der Waals surface area contributed by atoms with Crippen molar-refractivity contribution >= 4 is 53.5 Å². The van der Waals surface area contributed by atoms with E-state index in [-0.39, 0.29) is 60.8 Å². The number of hydrogen-bond acceptors (Lipinski definition) is 4. The molecule has 1 atom stereocenters. The molecule has 1 aromatic carbocycles. The fourth-order valence-electron chi connectivity index (χ4n) is 3.18. The van der Waals surface area contributed by atoms with Crippen LogP contribution >= 0.6 is 24.0 Å². The zero-order chi connectivity index (χ0) is 19.2. The van der Waals surface area contributed by atoms with Crippen LogP contribution in [0.2, 0.25) is 0 Å². The van der Waals surface area contributed by atoms with E-state index in [1.165, 1.54) is 4.90 Å². The molecule has 0 aliphatic carbocycles. The number of amides is 4. The van der Waals surface area contributed by atoms with Crippen LogP contribution in [-0.2, 0) is 9.59 Å². The quantitative estimate of drug-likeness (QED) is 0.200. The van der Waals surface area contributed by atoms with Crippen LogP contribution in [0.5, 0.6) is 0 Å². The first-order chi connectivity index (χ1) is 13.1. The maximum absolute atomic E-state index is 11.9. The number of carbonyl (C=O) groups is 3. The van der Waals surface area contributed by atoms with Crippen LogP contribution in [0.15, 0.2) is 29.3 Å². The van der Waals surface area contributed by atoms with E-state index in [4.69, 9.17) is 0 Å². The van der Waals surface area contributed by atoms with Gasteiger partial charge in [-0.25, -0.2) is 4.79 Å². The molecular formula is C18H25IN6O3. The van der Waals surface area contributed by atoms with Crippen LogP contribution in [0.25, 0.3) is 0 Å². The van der Waals surface area contributed by atoms with E-state index in [9.17, 15) is 14.4 Å². The molecular weight excluding hydrogens is 475 g/mol. The van der Waals surface area contributed by atoms with Gasteiger partial charge in [-0.1, -0.05) is 18.2 Å². The highest BCUT2D eigenvalue weighted by Crippen LogP contribution is 2.31. The van der Waals surface area contributed by atoms with Crippen molar-refractivity contribution in [1.82, 2.24) is 20.9 Å². The number of nitrogens with zero attached hydrogens (tertiary/aromatic N) is 2. The van der Waals surface area contributed by atoms with Crippen molar-refractivity contribution in [2.75, 3.05) is 38.0 Å². The fraction of sp³-hybridized carbons (Fsp3) is 0.444. The Hall–Kier alpha value is -2.37. The van der Waals surface area contributed by atoms with Crippen molar-refractivity contribution in [3.8, 4) is 0 Å². The third-order valence-corrected chi connectivity index (χ3v) is 4.49. The van der Waals surface area contributed by atoms with Crippen LogP contribution in [0, 0.1) is 0 Å². The van der Waals surface area contributed by atoms with E-state index >= 15 is 0 Å². The summed E-state index contributed by atoms with van der Waals surface area (Å²) in [4.78, 5) is 40.8. The Balaban J connectivity index is 0.00000280. The first-order valence-corrected chi connectivity index (χ1v) is 9.07. The number of guanidine groups is 1. The van der Waals surface area contributed by atoms with E-state index in [1.807, 2.05) is 31.2 Å². The van der Waals surface area contributed by atoms with Crippen molar-refractivity contribution < 1.29 is 14.4 Å². The molecule has 10 heteroatoms. The topological polar surface area (TPSA) is 115 Å². The Morgan fingerprint density at radius 2 is 2.04 bits per heavy atom. The molecule has 2 aliphatic rings. The second-order valence-electron chi connectivity index (χ2n) is 6.39. The molecule has 2 aliphatic heterocycles. The van der Waals surface area contributed by atoms with E-state index in [1.54, 1.807) is 0 Å². The normalized spacial score (nSPS) is 18.8. The number of fused-ring (bicyclic) bond motifs is 1. The van der Waals surface area contributed by atoms with Gasteiger partial charge in [0.05, 0.1) is 13.1 Å². The van der Waals surface area contributed by atoms with Gasteiger partial charge in [0.25, 0.3) is 0 Å². The van der Waals surface area contributed by atoms with Gasteiger partial charge < -0.3 is 21.3 Å². The summed E-state index contributed by atoms with van der Waals surface area (Å²) in [6.07, 6.45) is 0.391. The number of halogens is 1. The summed E-state index contributed by atoms with van der Waals surface area (Å²) in [5.41, 5.74) is 1.92. The largest absolute Gasteiger partial charge is 0.357 e. The van der Waals surface area contributed by atoms with Gasteiger partial charge in [0.15, 0.2) is 5.96 Å². The van der Waals surface area contributed by atoms with Gasteiger partial charge in [-0.3, -0.25) is 19.5 Å². The maximum Gasteiger partial charge on any atom is 0.324 e. The van der Waals surface area contributed by atoms with Gasteiger partial charge in [0.2, 0.25) is 11.8 Å². The predicted molar refractivity (Wildman–Crippen MR) is 117 cm³/mol. The summed E-state index contributed by atoms with van der Waals surface area (Å²) < 4.78 is 0. The number of nitrogens with one attached hydrogen (secondary N) is 4. The lowest BCUT2D eigenvalue weighted by molar-refractivity contribution is -0.125. The van der Waals surface area contributed by atoms with Gasteiger partial charge >= 0.3 is 6.03 Å². The first kappa shape index (κ1) is 21.9. The molecule has 3 rings (SSSR count). The Labute approximate surface area is 180 Å². The minimum Gasteiger partial charge on any atom is -0.357 e. The fourth-order valence-corrected chi connectivity index (χ4v) is 3.18. The number of rotatable bonds is 6. The zero-order valence-corrected chi connectivity index (χ0v) is 18.0. The highest BCUT2D eigenvalue weighted by Gasteiger charge is 2.28. The molecule has 1 aromatic rings. The number of carbonyl (C=O) groups excluding carboxylic acids is 3. The smallest absolute Gasteiger partial charge is 0.324 e. The highest BCUT2D eigenvalue weighted by atomic mass is 127. The number of benzene rings is 1. The number of anilines is 1. The summed E-state index contributed by atoms with van der Waals surface area (Å²) >= 11 is 0. The molecule has 152 valence electrons. The lowest BCUT2D eigenvalue weighted by Crippen LogP contribution is -2.43. The van der Waals surface area contributed by atoms with Crippen molar-refractivity contribution in [3.63, 3.8) is 0 Å². The summed E-state index contributed by atoms with van der Waals surface area (Å²) in [7, 11) is 0. The second kappa shape index (κ2) is 10.2. The standard InChI is InChI=1S/C18H24N6O3.HI/c1-2-19-17(20-7-8-24-16(26)11-22-18(24)27)21-10-12-9-15(25)23-14-6-4-3-5-13(12)14;/h3-6,12H,2,7-11H2,1H3,(H,22,27)(H,23,25)(H2,19,20,21);1H. The summed E-state index contributed by atoms with van der Waals surface area (Å²) in [6, 6.07) is 7.38. The third kappa shape index (κ3) is 5.33. The Bertz CT molecular complexity index is 753. The summed E-state index contributed by atoms with van der Waals surface area (Å²) in [5, 5.41) is 11.6. The van der Waals surface area contributed by atoms with Crippen molar-refractivity contribution in [2.24, 2.45) is 4.99 Å². The van der Waals surface area contributed by atoms with Crippen molar-refractivity contribution in [2.45, 2.75) is 19.3 Å². The molecule has 0 saturated carbocycles. The van der Waals surface area contributed by atoms with Gasteiger partial charge in [0, 0.05) is 37.7 Å². The van der Waals surface area contributed by atoms with Gasteiger partial charge in [-0.05, 0) is 18.6 Å². The number of urea groups is 1. The van der Waals surface area contributed by atoms with Crippen LogP contribution in [0.4, 0.5) is 10.5 Å². The molecule has 0 spiro atoms. The Morgan fingerprint density at radius 3 is 2.75 bits per heavy atom. The summed E-state index contributed by atoms with van der Waals surface area (Å²) in [6.45, 7) is 3.81. The molecule has 2 heterocycles. The molecule has 4 amide bonds. The highest BCUT2D eigenvalue weighted by molar-refractivity contribution is 14.0. The van der Waals surface area contributed by atoms with Crippen molar-refractivity contribution in [3.05, 3.63) is 29.8 Å². The predicted octanol–water partition coefficient (Wildman–Crippen LogP) is 0.837. The monoisotopic (exact) mass is 500 g/mol. The van der Waals surface area contributed by atoms with E-state index < -0.39 is 0 Å². The van der Waals surface area contributed by atoms with E-state index in [2.05, 4.69) is 26.3 Å². The van der Waals surface area contributed by atoms with Crippen LogP contribution in [0.3, 0.4) is 0 Å². The minimum absolute atomic E-state index is 0. The first-order valence-electron chi connectivity index (χ1n) is 9.07. The number of aliphatic imine (C=N–C) groups is 1.